The number of benzene rings is 2. The molecule has 1 heterocycles. The van der Waals surface area contributed by atoms with Gasteiger partial charge in [-0.1, -0.05) is 40.2 Å². The van der Waals surface area contributed by atoms with E-state index in [9.17, 15) is 9.46 Å². The van der Waals surface area contributed by atoms with Crippen molar-refractivity contribution >= 4 is 40.2 Å². The number of fused-ring (bicyclic) bond motifs is 1. The number of rotatable bonds is 7. The predicted octanol–water partition coefficient (Wildman–Crippen LogP) is 5.21. The van der Waals surface area contributed by atoms with Gasteiger partial charge in [0.05, 0.1) is 18.3 Å². The zero-order valence-electron chi connectivity index (χ0n) is 15.1. The average molecular weight is 450 g/mol. The maximum atomic E-state index is 11.9. The first-order valence-corrected chi connectivity index (χ1v) is 11.2. The number of aromatic nitrogens is 2. The molecule has 1 atom stereocenters. The summed E-state index contributed by atoms with van der Waals surface area (Å²) in [5.74, 6) is 1.38. The van der Waals surface area contributed by atoms with Crippen molar-refractivity contribution in [3.8, 4) is 11.4 Å². The molecule has 142 valence electrons. The van der Waals surface area contributed by atoms with E-state index in [1.165, 1.54) is 0 Å². The van der Waals surface area contributed by atoms with Crippen molar-refractivity contribution < 1.29 is 14.0 Å². The van der Waals surface area contributed by atoms with E-state index in [2.05, 4.69) is 31.2 Å². The molecule has 2 N–H and O–H groups in total. The van der Waals surface area contributed by atoms with Crippen LogP contribution in [0.5, 0.6) is 0 Å². The third-order valence-electron chi connectivity index (χ3n) is 3.93. The lowest BCUT2D eigenvalue weighted by Crippen LogP contribution is -2.03. The van der Waals surface area contributed by atoms with E-state index in [0.717, 1.165) is 38.9 Å². The second kappa shape index (κ2) is 8.48. The normalized spacial score (nSPS) is 13.5. The predicted molar refractivity (Wildman–Crippen MR) is 112 cm³/mol. The van der Waals surface area contributed by atoms with E-state index < -0.39 is 7.60 Å². The minimum atomic E-state index is -3.60. The molecule has 0 fully saturated rings. The Kier molecular flexibility index (Phi) is 6.27. The third-order valence-corrected chi connectivity index (χ3v) is 5.85. The molecule has 2 aromatic carbocycles. The molecule has 3 aromatic rings. The van der Waals surface area contributed by atoms with Crippen LogP contribution in [0, 0.1) is 0 Å². The van der Waals surface area contributed by atoms with Gasteiger partial charge in [-0.05, 0) is 37.6 Å². The Morgan fingerprint density at radius 3 is 2.56 bits per heavy atom. The topological polar surface area (TPSA) is 84.3 Å². The van der Waals surface area contributed by atoms with Crippen LogP contribution >= 0.6 is 23.5 Å². The standard InChI is InChI=1S/C19H21BrN3O3P/c1-3-21-19-16-11-15(20)9-10-17(16)22-18(23-19)14-7-5-13(6-8-14)12-27(24,25)26-4-2/h5-11H,3-4,12H2,1-2H3,(H,24,25)(H,21,22,23). The van der Waals surface area contributed by atoms with Gasteiger partial charge >= 0.3 is 7.60 Å². The van der Waals surface area contributed by atoms with Crippen molar-refractivity contribution in [2.75, 3.05) is 18.5 Å². The molecule has 1 unspecified atom stereocenters. The number of nitrogens with zero attached hydrogens (tertiary/aromatic N) is 2. The SMILES string of the molecule is CCNc1nc(-c2ccc(CP(=O)(O)OCC)cc2)nc2ccc(Br)cc12. The Balaban J connectivity index is 1.95. The summed E-state index contributed by atoms with van der Waals surface area (Å²) in [5, 5.41) is 4.23. The van der Waals surface area contributed by atoms with Crippen molar-refractivity contribution in [3.05, 3.63) is 52.5 Å². The van der Waals surface area contributed by atoms with Crippen LogP contribution in [0.25, 0.3) is 22.3 Å². The van der Waals surface area contributed by atoms with Gasteiger partial charge in [-0.3, -0.25) is 4.57 Å². The van der Waals surface area contributed by atoms with Gasteiger partial charge in [0.15, 0.2) is 5.82 Å². The molecule has 0 saturated heterocycles. The van der Waals surface area contributed by atoms with Crippen LogP contribution in [0.2, 0.25) is 0 Å². The highest BCUT2D eigenvalue weighted by atomic mass is 79.9. The van der Waals surface area contributed by atoms with Crippen LogP contribution < -0.4 is 5.32 Å². The minimum Gasteiger partial charge on any atom is -0.370 e. The molecule has 0 radical (unpaired) electrons. The Labute approximate surface area is 166 Å². The summed E-state index contributed by atoms with van der Waals surface area (Å²) in [7, 11) is -3.60. The number of hydrogen-bond donors (Lipinski definition) is 2. The van der Waals surface area contributed by atoms with Crippen LogP contribution in [0.1, 0.15) is 19.4 Å². The highest BCUT2D eigenvalue weighted by Crippen LogP contribution is 2.45. The lowest BCUT2D eigenvalue weighted by Gasteiger charge is -2.12. The second-order valence-corrected chi connectivity index (χ2v) is 8.76. The zero-order chi connectivity index (χ0) is 19.4. The average Bonchev–Trinajstić information content (AvgIpc) is 2.62. The summed E-state index contributed by atoms with van der Waals surface area (Å²) in [4.78, 5) is 19.1. The van der Waals surface area contributed by atoms with Gasteiger partial charge in [-0.15, -0.1) is 0 Å². The number of nitrogens with one attached hydrogen (secondary N) is 1. The van der Waals surface area contributed by atoms with E-state index in [4.69, 9.17) is 4.52 Å². The monoisotopic (exact) mass is 449 g/mol. The minimum absolute atomic E-state index is 0.0175. The fourth-order valence-electron chi connectivity index (χ4n) is 2.77. The Morgan fingerprint density at radius 1 is 1.15 bits per heavy atom. The number of hydrogen-bond acceptors (Lipinski definition) is 5. The first-order chi connectivity index (χ1) is 12.9. The van der Waals surface area contributed by atoms with Gasteiger partial charge in [0, 0.05) is 22.0 Å². The molecule has 0 amide bonds. The molecular formula is C19H21BrN3O3P. The molecule has 3 rings (SSSR count). The second-order valence-electron chi connectivity index (χ2n) is 6.00. The molecule has 0 bridgehead atoms. The van der Waals surface area contributed by atoms with Gasteiger partial charge in [0.2, 0.25) is 0 Å². The molecule has 8 heteroatoms. The summed E-state index contributed by atoms with van der Waals surface area (Å²) in [6.07, 6.45) is -0.0175. The first-order valence-electron chi connectivity index (χ1n) is 8.68. The van der Waals surface area contributed by atoms with Crippen LogP contribution in [0.15, 0.2) is 46.9 Å². The van der Waals surface area contributed by atoms with Crippen molar-refractivity contribution in [1.82, 2.24) is 9.97 Å². The third kappa shape index (κ3) is 4.93. The lowest BCUT2D eigenvalue weighted by molar-refractivity contribution is 0.272. The summed E-state index contributed by atoms with van der Waals surface area (Å²) in [5.41, 5.74) is 2.42. The molecule has 6 nitrogen and oxygen atoms in total. The molecule has 1 aromatic heterocycles. The van der Waals surface area contributed by atoms with Crippen molar-refractivity contribution in [3.63, 3.8) is 0 Å². The maximum Gasteiger partial charge on any atom is 0.332 e. The van der Waals surface area contributed by atoms with Gasteiger partial charge in [-0.2, -0.15) is 0 Å². The summed E-state index contributed by atoms with van der Waals surface area (Å²) >= 11 is 3.49. The fraction of sp³-hybridized carbons (Fsp3) is 0.263. The lowest BCUT2D eigenvalue weighted by atomic mass is 10.1. The van der Waals surface area contributed by atoms with Crippen molar-refractivity contribution in [1.29, 1.82) is 0 Å². The van der Waals surface area contributed by atoms with Crippen LogP contribution in [0.4, 0.5) is 5.82 Å². The number of halogens is 1. The first kappa shape index (κ1) is 20.0. The van der Waals surface area contributed by atoms with Crippen molar-refractivity contribution in [2.45, 2.75) is 20.0 Å². The molecular weight excluding hydrogens is 429 g/mol. The Hall–Kier alpha value is -1.79. The molecule has 0 saturated carbocycles. The molecule has 0 aliphatic heterocycles. The number of anilines is 1. The van der Waals surface area contributed by atoms with E-state index in [-0.39, 0.29) is 12.8 Å². The van der Waals surface area contributed by atoms with E-state index in [1.54, 1.807) is 19.1 Å². The Bertz CT molecular complexity index is 995. The largest absolute Gasteiger partial charge is 0.370 e. The van der Waals surface area contributed by atoms with Gasteiger partial charge in [0.25, 0.3) is 0 Å². The smallest absolute Gasteiger partial charge is 0.332 e. The fourth-order valence-corrected chi connectivity index (χ4v) is 4.30. The van der Waals surface area contributed by atoms with Gasteiger partial charge < -0.3 is 14.7 Å². The Morgan fingerprint density at radius 2 is 1.89 bits per heavy atom. The zero-order valence-corrected chi connectivity index (χ0v) is 17.6. The summed E-state index contributed by atoms with van der Waals surface area (Å²) in [6.45, 7) is 4.68. The summed E-state index contributed by atoms with van der Waals surface area (Å²) < 4.78 is 17.8. The van der Waals surface area contributed by atoms with E-state index >= 15 is 0 Å². The van der Waals surface area contributed by atoms with Crippen LogP contribution in [-0.4, -0.2) is 28.0 Å². The maximum absolute atomic E-state index is 11.9. The molecule has 27 heavy (non-hydrogen) atoms. The van der Waals surface area contributed by atoms with Crippen molar-refractivity contribution in [2.24, 2.45) is 0 Å². The van der Waals surface area contributed by atoms with E-state index in [0.29, 0.717) is 5.82 Å². The molecule has 0 aliphatic rings. The highest BCUT2D eigenvalue weighted by Gasteiger charge is 2.19. The van der Waals surface area contributed by atoms with Gasteiger partial charge in [0.1, 0.15) is 5.82 Å². The highest BCUT2D eigenvalue weighted by molar-refractivity contribution is 9.10. The quantitative estimate of drug-likeness (QED) is 0.481. The van der Waals surface area contributed by atoms with Gasteiger partial charge in [-0.25, -0.2) is 9.97 Å². The molecule has 0 aliphatic carbocycles. The summed E-state index contributed by atoms with van der Waals surface area (Å²) in [6, 6.07) is 13.2. The van der Waals surface area contributed by atoms with E-state index in [1.807, 2.05) is 37.3 Å². The molecule has 0 spiro atoms. The van der Waals surface area contributed by atoms with Crippen LogP contribution in [0.3, 0.4) is 0 Å². The van der Waals surface area contributed by atoms with Crippen LogP contribution in [-0.2, 0) is 15.3 Å².